The molecule has 3 rings (SSSR count). The summed E-state index contributed by atoms with van der Waals surface area (Å²) in [6.07, 6.45) is 0.583. The van der Waals surface area contributed by atoms with Crippen LogP contribution >= 0.6 is 0 Å². The zero-order valence-corrected chi connectivity index (χ0v) is 17.1. The van der Waals surface area contributed by atoms with E-state index in [0.717, 1.165) is 0 Å². The topological polar surface area (TPSA) is 61.9 Å². The highest BCUT2D eigenvalue weighted by molar-refractivity contribution is 5.94. The lowest BCUT2D eigenvalue weighted by Gasteiger charge is -2.25. The van der Waals surface area contributed by atoms with Crippen LogP contribution in [0.4, 0.5) is 18.0 Å². The fraction of sp³-hybridized carbons (Fsp3) is 0.364. The van der Waals surface area contributed by atoms with Crippen molar-refractivity contribution in [3.63, 3.8) is 0 Å². The van der Waals surface area contributed by atoms with E-state index in [2.05, 4.69) is 10.1 Å². The number of benzene rings is 2. The first-order chi connectivity index (χ1) is 14.8. The standard InChI is InChI=1S/C22H24F3N3O3/c1-15(18-5-2-3-6-19(18)31-21(24)25)26-22(30)28-12-4-11-27(13-14-28)20(29)16-7-9-17(23)10-8-16/h2-3,5-10,15,21H,4,11-14H2,1H3,(H,26,30). The van der Waals surface area contributed by atoms with Gasteiger partial charge in [-0.1, -0.05) is 18.2 Å². The Morgan fingerprint density at radius 2 is 1.61 bits per heavy atom. The molecule has 1 N–H and O–H groups in total. The molecule has 1 atom stereocenters. The minimum Gasteiger partial charge on any atom is -0.434 e. The van der Waals surface area contributed by atoms with Gasteiger partial charge in [-0.05, 0) is 43.7 Å². The number of alkyl halides is 2. The lowest BCUT2D eigenvalue weighted by Crippen LogP contribution is -2.43. The normalized spacial score (nSPS) is 15.4. The van der Waals surface area contributed by atoms with Crippen LogP contribution in [0.2, 0.25) is 0 Å². The van der Waals surface area contributed by atoms with Crippen molar-refractivity contribution in [2.24, 2.45) is 0 Å². The molecular weight excluding hydrogens is 411 g/mol. The van der Waals surface area contributed by atoms with Crippen LogP contribution in [-0.2, 0) is 0 Å². The van der Waals surface area contributed by atoms with Crippen molar-refractivity contribution in [3.8, 4) is 5.75 Å². The summed E-state index contributed by atoms with van der Waals surface area (Å²) in [5.41, 5.74) is 0.836. The molecule has 0 saturated carbocycles. The fourth-order valence-electron chi connectivity index (χ4n) is 3.49. The first-order valence-electron chi connectivity index (χ1n) is 9.99. The number of amides is 3. The number of rotatable bonds is 5. The van der Waals surface area contributed by atoms with Crippen molar-refractivity contribution in [1.82, 2.24) is 15.1 Å². The number of carbonyl (C=O) groups is 2. The summed E-state index contributed by atoms with van der Waals surface area (Å²) >= 11 is 0. The Labute approximate surface area is 178 Å². The highest BCUT2D eigenvalue weighted by Crippen LogP contribution is 2.26. The largest absolute Gasteiger partial charge is 0.434 e. The minimum atomic E-state index is -2.96. The zero-order valence-electron chi connectivity index (χ0n) is 17.1. The van der Waals surface area contributed by atoms with Gasteiger partial charge in [-0.15, -0.1) is 0 Å². The average molecular weight is 435 g/mol. The molecule has 0 bridgehead atoms. The van der Waals surface area contributed by atoms with E-state index in [0.29, 0.717) is 43.7 Å². The third-order valence-electron chi connectivity index (χ3n) is 5.10. The van der Waals surface area contributed by atoms with Crippen LogP contribution in [0, 0.1) is 5.82 Å². The number of nitrogens with zero attached hydrogens (tertiary/aromatic N) is 2. The van der Waals surface area contributed by atoms with Crippen LogP contribution in [0.3, 0.4) is 0 Å². The molecule has 0 spiro atoms. The SMILES string of the molecule is CC(NC(=O)N1CCCN(C(=O)c2ccc(F)cc2)CC1)c1ccccc1OC(F)F. The van der Waals surface area contributed by atoms with E-state index in [-0.39, 0.29) is 17.7 Å². The number of ether oxygens (including phenoxy) is 1. The van der Waals surface area contributed by atoms with E-state index < -0.39 is 18.5 Å². The van der Waals surface area contributed by atoms with E-state index in [1.54, 1.807) is 34.9 Å². The number of nitrogens with one attached hydrogen (secondary N) is 1. The first kappa shape index (κ1) is 22.5. The Kier molecular flexibility index (Phi) is 7.38. The monoisotopic (exact) mass is 435 g/mol. The summed E-state index contributed by atoms with van der Waals surface area (Å²) in [6.45, 7) is 0.304. The van der Waals surface area contributed by atoms with Crippen molar-refractivity contribution in [2.75, 3.05) is 26.2 Å². The maximum atomic E-state index is 13.1. The van der Waals surface area contributed by atoms with Gasteiger partial charge in [0.05, 0.1) is 6.04 Å². The molecule has 0 aliphatic carbocycles. The van der Waals surface area contributed by atoms with Gasteiger partial charge in [-0.3, -0.25) is 4.79 Å². The van der Waals surface area contributed by atoms with Gasteiger partial charge in [0, 0.05) is 37.3 Å². The number of urea groups is 1. The molecule has 0 radical (unpaired) electrons. The summed E-state index contributed by atoms with van der Waals surface area (Å²) in [4.78, 5) is 28.6. The van der Waals surface area contributed by atoms with Crippen LogP contribution in [-0.4, -0.2) is 54.5 Å². The number of hydrogen-bond donors (Lipinski definition) is 1. The minimum absolute atomic E-state index is 0.0113. The summed E-state index contributed by atoms with van der Waals surface area (Å²) in [5, 5.41) is 2.81. The van der Waals surface area contributed by atoms with Crippen LogP contribution in [0.1, 0.15) is 35.3 Å². The highest BCUT2D eigenvalue weighted by atomic mass is 19.3. The molecule has 9 heteroatoms. The van der Waals surface area contributed by atoms with Gasteiger partial charge < -0.3 is 19.9 Å². The molecule has 3 amide bonds. The van der Waals surface area contributed by atoms with Crippen molar-refractivity contribution < 1.29 is 27.5 Å². The van der Waals surface area contributed by atoms with Crippen LogP contribution in [0.25, 0.3) is 0 Å². The zero-order chi connectivity index (χ0) is 22.4. The molecule has 1 unspecified atom stereocenters. The third-order valence-corrected chi connectivity index (χ3v) is 5.10. The van der Waals surface area contributed by atoms with E-state index in [1.807, 2.05) is 0 Å². The first-order valence-corrected chi connectivity index (χ1v) is 9.99. The number of hydrogen-bond acceptors (Lipinski definition) is 3. The molecule has 31 heavy (non-hydrogen) atoms. The summed E-state index contributed by atoms with van der Waals surface area (Å²) in [6, 6.07) is 10.8. The third kappa shape index (κ3) is 5.90. The second-order valence-electron chi connectivity index (χ2n) is 7.23. The van der Waals surface area contributed by atoms with E-state index in [4.69, 9.17) is 0 Å². The van der Waals surface area contributed by atoms with E-state index in [9.17, 15) is 22.8 Å². The lowest BCUT2D eigenvalue weighted by molar-refractivity contribution is -0.0506. The Balaban J connectivity index is 1.59. The van der Waals surface area contributed by atoms with Crippen LogP contribution in [0.5, 0.6) is 5.75 Å². The van der Waals surface area contributed by atoms with E-state index in [1.165, 1.54) is 30.3 Å². The van der Waals surface area contributed by atoms with Gasteiger partial charge in [0.1, 0.15) is 11.6 Å². The molecule has 1 aliphatic heterocycles. The van der Waals surface area contributed by atoms with Gasteiger partial charge >= 0.3 is 12.6 Å². The predicted molar refractivity (Wildman–Crippen MR) is 109 cm³/mol. The maximum absolute atomic E-state index is 13.1. The Morgan fingerprint density at radius 1 is 0.968 bits per heavy atom. The number of para-hydroxylation sites is 1. The second kappa shape index (κ2) is 10.2. The molecule has 1 heterocycles. The van der Waals surface area contributed by atoms with Gasteiger partial charge in [0.15, 0.2) is 0 Å². The Hall–Kier alpha value is -3.23. The quantitative estimate of drug-likeness (QED) is 0.771. The predicted octanol–water partition coefficient (Wildman–Crippen LogP) is 4.05. The lowest BCUT2D eigenvalue weighted by atomic mass is 10.1. The molecule has 6 nitrogen and oxygen atoms in total. The molecular formula is C22H24F3N3O3. The summed E-state index contributed by atoms with van der Waals surface area (Å²) in [7, 11) is 0. The highest BCUT2D eigenvalue weighted by Gasteiger charge is 2.24. The van der Waals surface area contributed by atoms with Crippen molar-refractivity contribution in [1.29, 1.82) is 0 Å². The van der Waals surface area contributed by atoms with E-state index >= 15 is 0 Å². The smallest absolute Gasteiger partial charge is 0.387 e. The van der Waals surface area contributed by atoms with Gasteiger partial charge in [-0.2, -0.15) is 8.78 Å². The average Bonchev–Trinajstić information content (AvgIpc) is 3.00. The van der Waals surface area contributed by atoms with Crippen molar-refractivity contribution in [3.05, 3.63) is 65.5 Å². The molecule has 1 fully saturated rings. The van der Waals surface area contributed by atoms with Crippen LogP contribution in [0.15, 0.2) is 48.5 Å². The molecule has 166 valence electrons. The van der Waals surface area contributed by atoms with Gasteiger partial charge in [0.25, 0.3) is 5.91 Å². The summed E-state index contributed by atoms with van der Waals surface area (Å²) in [5.74, 6) is -0.615. The molecule has 2 aromatic rings. The number of carbonyl (C=O) groups excluding carboxylic acids is 2. The molecule has 0 aromatic heterocycles. The number of halogens is 3. The maximum Gasteiger partial charge on any atom is 0.387 e. The molecule has 1 aliphatic rings. The fourth-order valence-corrected chi connectivity index (χ4v) is 3.49. The van der Waals surface area contributed by atoms with Crippen LogP contribution < -0.4 is 10.1 Å². The Morgan fingerprint density at radius 3 is 2.32 bits per heavy atom. The van der Waals surface area contributed by atoms with Crippen molar-refractivity contribution in [2.45, 2.75) is 26.0 Å². The van der Waals surface area contributed by atoms with Gasteiger partial charge in [0.2, 0.25) is 0 Å². The molecule has 2 aromatic carbocycles. The Bertz CT molecular complexity index is 908. The second-order valence-corrected chi connectivity index (χ2v) is 7.23. The van der Waals surface area contributed by atoms with Gasteiger partial charge in [-0.25, -0.2) is 9.18 Å². The summed E-state index contributed by atoms with van der Waals surface area (Å²) < 4.78 is 42.9. The van der Waals surface area contributed by atoms with Crippen molar-refractivity contribution >= 4 is 11.9 Å². The molecule has 1 saturated heterocycles.